The highest BCUT2D eigenvalue weighted by Gasteiger charge is 2.25. The maximum Gasteiger partial charge on any atom is 0.174 e. The molecule has 0 saturated heterocycles. The largest absolute Gasteiger partial charge is 0.368 e. The van der Waals surface area contributed by atoms with Crippen LogP contribution in [0.1, 0.15) is 19.8 Å². The molecule has 0 bridgehead atoms. The lowest BCUT2D eigenvalue weighted by Gasteiger charge is -2.18. The third kappa shape index (κ3) is 1.41. The van der Waals surface area contributed by atoms with Gasteiger partial charge in [-0.15, -0.1) is 0 Å². The summed E-state index contributed by atoms with van der Waals surface area (Å²) >= 11 is 0. The van der Waals surface area contributed by atoms with Gasteiger partial charge in [0, 0.05) is 12.6 Å². The number of nitrogens with zero attached hydrogens (tertiary/aromatic N) is 2. The molecule has 0 spiro atoms. The number of aliphatic hydroxyl groups excluding tert-OH is 1. The molecule has 1 N–H and O–H groups in total. The van der Waals surface area contributed by atoms with Crippen molar-refractivity contribution in [1.29, 1.82) is 0 Å². The van der Waals surface area contributed by atoms with Gasteiger partial charge in [-0.1, -0.05) is 20.1 Å². The summed E-state index contributed by atoms with van der Waals surface area (Å²) in [7, 11) is 0. The van der Waals surface area contributed by atoms with Crippen LogP contribution in [-0.2, 0) is 0 Å². The second-order valence-electron chi connectivity index (χ2n) is 2.73. The van der Waals surface area contributed by atoms with Crippen molar-refractivity contribution in [1.82, 2.24) is 4.90 Å². The standard InChI is InChI=1S/C9H14N2O/c1-4-6-8-10-7(3)9(12)11(8)5-2/h5,9,12H,2-4,6H2,1H3. The van der Waals surface area contributed by atoms with Gasteiger partial charge in [0.25, 0.3) is 0 Å². The van der Waals surface area contributed by atoms with Crippen molar-refractivity contribution < 1.29 is 5.11 Å². The van der Waals surface area contributed by atoms with E-state index in [4.69, 9.17) is 0 Å². The van der Waals surface area contributed by atoms with E-state index in [-0.39, 0.29) is 0 Å². The molecule has 0 aromatic rings. The summed E-state index contributed by atoms with van der Waals surface area (Å²) in [6.45, 7) is 9.31. The number of hydrogen-bond donors (Lipinski definition) is 1. The Morgan fingerprint density at radius 3 is 2.92 bits per heavy atom. The molecule has 1 unspecified atom stereocenters. The van der Waals surface area contributed by atoms with Crippen LogP contribution in [0.15, 0.2) is 30.0 Å². The first kappa shape index (κ1) is 9.00. The molecule has 1 rings (SSSR count). The Labute approximate surface area is 72.7 Å². The number of amidine groups is 1. The van der Waals surface area contributed by atoms with Gasteiger partial charge in [-0.25, -0.2) is 4.99 Å². The first-order valence-electron chi connectivity index (χ1n) is 4.06. The SMILES string of the molecule is C=CN1C(CCC)=NC(=C)C1O. The molecule has 0 radical (unpaired) electrons. The average molecular weight is 166 g/mol. The highest BCUT2D eigenvalue weighted by atomic mass is 16.3. The van der Waals surface area contributed by atoms with Gasteiger partial charge >= 0.3 is 0 Å². The summed E-state index contributed by atoms with van der Waals surface area (Å²) in [5.41, 5.74) is 0.498. The monoisotopic (exact) mass is 166 g/mol. The summed E-state index contributed by atoms with van der Waals surface area (Å²) in [5, 5.41) is 9.50. The Hall–Kier alpha value is -1.09. The van der Waals surface area contributed by atoms with E-state index in [0.717, 1.165) is 18.7 Å². The molecule has 1 aliphatic rings. The Bertz CT molecular complexity index is 233. The highest BCUT2D eigenvalue weighted by Crippen LogP contribution is 2.19. The van der Waals surface area contributed by atoms with E-state index in [1.807, 2.05) is 0 Å². The molecule has 3 nitrogen and oxygen atoms in total. The Morgan fingerprint density at radius 1 is 1.75 bits per heavy atom. The number of aliphatic imine (C=N–C) groups is 1. The molecule has 3 heteroatoms. The van der Waals surface area contributed by atoms with Crippen LogP contribution in [0.5, 0.6) is 0 Å². The van der Waals surface area contributed by atoms with Crippen molar-refractivity contribution in [2.75, 3.05) is 0 Å². The molecule has 1 heterocycles. The number of hydrogen-bond acceptors (Lipinski definition) is 3. The summed E-state index contributed by atoms with van der Waals surface area (Å²) in [4.78, 5) is 5.78. The van der Waals surface area contributed by atoms with E-state index in [0.29, 0.717) is 5.70 Å². The van der Waals surface area contributed by atoms with Crippen LogP contribution in [0.4, 0.5) is 0 Å². The number of aliphatic hydroxyl groups is 1. The Balaban J connectivity index is 2.77. The molecule has 0 aliphatic carbocycles. The van der Waals surface area contributed by atoms with Gasteiger partial charge in [-0.05, 0) is 6.42 Å². The van der Waals surface area contributed by atoms with Crippen LogP contribution in [0, 0.1) is 0 Å². The lowest BCUT2D eigenvalue weighted by atomic mass is 10.3. The fourth-order valence-corrected chi connectivity index (χ4v) is 1.20. The van der Waals surface area contributed by atoms with Crippen molar-refractivity contribution in [2.45, 2.75) is 26.0 Å². The van der Waals surface area contributed by atoms with E-state index in [1.165, 1.54) is 0 Å². The summed E-state index contributed by atoms with van der Waals surface area (Å²) in [6, 6.07) is 0. The average Bonchev–Trinajstić information content (AvgIpc) is 2.29. The molecular weight excluding hydrogens is 152 g/mol. The zero-order chi connectivity index (χ0) is 9.14. The Kier molecular flexibility index (Phi) is 2.65. The molecule has 66 valence electrons. The summed E-state index contributed by atoms with van der Waals surface area (Å²) < 4.78 is 0. The zero-order valence-electron chi connectivity index (χ0n) is 7.32. The van der Waals surface area contributed by atoms with Gasteiger partial charge in [0.05, 0.1) is 5.70 Å². The maximum absolute atomic E-state index is 9.50. The molecule has 0 fully saturated rings. The van der Waals surface area contributed by atoms with Crippen LogP contribution in [0.3, 0.4) is 0 Å². The van der Waals surface area contributed by atoms with Crippen molar-refractivity contribution in [3.63, 3.8) is 0 Å². The van der Waals surface area contributed by atoms with Crippen molar-refractivity contribution in [3.05, 3.63) is 25.1 Å². The maximum atomic E-state index is 9.50. The molecule has 1 aliphatic heterocycles. The van der Waals surface area contributed by atoms with E-state index in [9.17, 15) is 5.11 Å². The van der Waals surface area contributed by atoms with Gasteiger partial charge < -0.3 is 10.0 Å². The Morgan fingerprint density at radius 2 is 2.42 bits per heavy atom. The lowest BCUT2D eigenvalue weighted by Crippen LogP contribution is -2.30. The van der Waals surface area contributed by atoms with E-state index < -0.39 is 6.23 Å². The molecule has 12 heavy (non-hydrogen) atoms. The minimum absolute atomic E-state index is 0.498. The molecular formula is C9H14N2O. The van der Waals surface area contributed by atoms with Crippen LogP contribution in [0.2, 0.25) is 0 Å². The molecule has 0 amide bonds. The minimum Gasteiger partial charge on any atom is -0.368 e. The minimum atomic E-state index is -0.705. The smallest absolute Gasteiger partial charge is 0.174 e. The van der Waals surface area contributed by atoms with Crippen LogP contribution >= 0.6 is 0 Å². The van der Waals surface area contributed by atoms with Gasteiger partial charge in [-0.2, -0.15) is 0 Å². The third-order valence-electron chi connectivity index (χ3n) is 1.80. The molecule has 0 saturated carbocycles. The second-order valence-corrected chi connectivity index (χ2v) is 2.73. The molecule has 1 atom stereocenters. The van der Waals surface area contributed by atoms with Crippen LogP contribution in [-0.4, -0.2) is 22.1 Å². The van der Waals surface area contributed by atoms with Crippen LogP contribution < -0.4 is 0 Å². The topological polar surface area (TPSA) is 35.8 Å². The number of rotatable bonds is 3. The summed E-state index contributed by atoms with van der Waals surface area (Å²) in [6.07, 6.45) is 2.73. The summed E-state index contributed by atoms with van der Waals surface area (Å²) in [5.74, 6) is 0.852. The zero-order valence-corrected chi connectivity index (χ0v) is 7.32. The van der Waals surface area contributed by atoms with Gasteiger partial charge in [0.1, 0.15) is 5.84 Å². The third-order valence-corrected chi connectivity index (χ3v) is 1.80. The lowest BCUT2D eigenvalue weighted by molar-refractivity contribution is 0.126. The van der Waals surface area contributed by atoms with Gasteiger partial charge in [0.15, 0.2) is 6.23 Å². The predicted octanol–water partition coefficient (Wildman–Crippen LogP) is 1.48. The van der Waals surface area contributed by atoms with E-state index >= 15 is 0 Å². The van der Waals surface area contributed by atoms with Gasteiger partial charge in [0.2, 0.25) is 0 Å². The second kappa shape index (κ2) is 3.54. The fourth-order valence-electron chi connectivity index (χ4n) is 1.20. The predicted molar refractivity (Wildman–Crippen MR) is 49.5 cm³/mol. The first-order valence-corrected chi connectivity index (χ1v) is 4.06. The quantitative estimate of drug-likeness (QED) is 0.689. The van der Waals surface area contributed by atoms with Crippen LogP contribution in [0.25, 0.3) is 0 Å². The van der Waals surface area contributed by atoms with Crippen molar-refractivity contribution in [3.8, 4) is 0 Å². The normalized spacial score (nSPS) is 22.8. The fraction of sp³-hybridized carbons (Fsp3) is 0.444. The van der Waals surface area contributed by atoms with Crippen molar-refractivity contribution >= 4 is 5.84 Å². The highest BCUT2D eigenvalue weighted by molar-refractivity contribution is 5.86. The van der Waals surface area contributed by atoms with E-state index in [2.05, 4.69) is 25.1 Å². The van der Waals surface area contributed by atoms with Gasteiger partial charge in [-0.3, -0.25) is 0 Å². The first-order chi connectivity index (χ1) is 5.70. The molecule has 0 aromatic carbocycles. The molecule has 0 aromatic heterocycles. The van der Waals surface area contributed by atoms with Crippen molar-refractivity contribution in [2.24, 2.45) is 4.99 Å². The van der Waals surface area contributed by atoms with E-state index in [1.54, 1.807) is 11.1 Å².